The van der Waals surface area contributed by atoms with E-state index in [9.17, 15) is 4.79 Å². The molecule has 7 rings (SSSR count). The van der Waals surface area contributed by atoms with Crippen molar-refractivity contribution in [3.05, 3.63) is 72.2 Å². The number of nitrogens with zero attached hydrogens (tertiary/aromatic N) is 4. The number of aromatic nitrogens is 3. The van der Waals surface area contributed by atoms with Gasteiger partial charge in [0.05, 0.1) is 26.8 Å². The predicted molar refractivity (Wildman–Crippen MR) is 141 cm³/mol. The SMILES string of the molecule is O=C(C1CC1)N1CC[C@@H](Cn2c(-c3ccc(-c4ccc5ncsc5c4)cc3)nc3ccccc32)C1. The van der Waals surface area contributed by atoms with Crippen molar-refractivity contribution in [3.63, 3.8) is 0 Å². The molecule has 1 aliphatic heterocycles. The first kappa shape index (κ1) is 20.8. The number of para-hydroxylation sites is 2. The zero-order valence-corrected chi connectivity index (χ0v) is 20.2. The van der Waals surface area contributed by atoms with Gasteiger partial charge in [-0.05, 0) is 60.6 Å². The van der Waals surface area contributed by atoms with Gasteiger partial charge in [0.15, 0.2) is 0 Å². The molecular weight excluding hydrogens is 452 g/mol. The number of hydrogen-bond acceptors (Lipinski definition) is 4. The van der Waals surface area contributed by atoms with Crippen LogP contribution in [0.2, 0.25) is 0 Å². The highest BCUT2D eigenvalue weighted by Crippen LogP contribution is 2.34. The lowest BCUT2D eigenvalue weighted by atomic mass is 10.0. The van der Waals surface area contributed by atoms with Gasteiger partial charge in [-0.2, -0.15) is 0 Å². The van der Waals surface area contributed by atoms with Crippen LogP contribution in [0.15, 0.2) is 72.2 Å². The van der Waals surface area contributed by atoms with Crippen molar-refractivity contribution in [2.75, 3.05) is 13.1 Å². The maximum atomic E-state index is 12.6. The molecule has 174 valence electrons. The molecule has 1 saturated heterocycles. The van der Waals surface area contributed by atoms with E-state index in [-0.39, 0.29) is 0 Å². The topological polar surface area (TPSA) is 51.0 Å². The van der Waals surface area contributed by atoms with Crippen LogP contribution in [0.5, 0.6) is 0 Å². The van der Waals surface area contributed by atoms with Gasteiger partial charge in [-0.25, -0.2) is 9.97 Å². The van der Waals surface area contributed by atoms with Crippen LogP contribution in [0.25, 0.3) is 43.8 Å². The Kier molecular flexibility index (Phi) is 4.94. The number of likely N-dealkylation sites (tertiary alicyclic amines) is 1. The normalized spacial score (nSPS) is 18.1. The number of rotatable bonds is 5. The molecule has 0 N–H and O–H groups in total. The fraction of sp³-hybridized carbons (Fsp3) is 0.276. The van der Waals surface area contributed by atoms with Crippen molar-refractivity contribution in [3.8, 4) is 22.5 Å². The molecule has 3 aromatic carbocycles. The fourth-order valence-corrected chi connectivity index (χ4v) is 6.07. The van der Waals surface area contributed by atoms with Gasteiger partial charge in [0, 0.05) is 31.1 Å². The van der Waals surface area contributed by atoms with Crippen LogP contribution >= 0.6 is 11.3 Å². The van der Waals surface area contributed by atoms with Crippen LogP contribution in [-0.4, -0.2) is 38.4 Å². The van der Waals surface area contributed by atoms with Gasteiger partial charge < -0.3 is 9.47 Å². The van der Waals surface area contributed by atoms with Crippen molar-refractivity contribution in [1.29, 1.82) is 0 Å². The molecule has 1 aliphatic carbocycles. The monoisotopic (exact) mass is 478 g/mol. The molecule has 5 aromatic rings. The van der Waals surface area contributed by atoms with E-state index in [4.69, 9.17) is 4.98 Å². The number of amides is 1. The average Bonchev–Trinajstić information content (AvgIpc) is 3.30. The van der Waals surface area contributed by atoms with Gasteiger partial charge in [-0.1, -0.05) is 42.5 Å². The van der Waals surface area contributed by atoms with Crippen LogP contribution in [0, 0.1) is 11.8 Å². The van der Waals surface area contributed by atoms with E-state index in [0.29, 0.717) is 17.7 Å². The Balaban J connectivity index is 1.19. The Bertz CT molecular complexity index is 1550. The Hall–Kier alpha value is -3.51. The van der Waals surface area contributed by atoms with Crippen LogP contribution < -0.4 is 0 Å². The summed E-state index contributed by atoms with van der Waals surface area (Å²) in [6.45, 7) is 2.63. The minimum Gasteiger partial charge on any atom is -0.342 e. The van der Waals surface area contributed by atoms with E-state index in [0.717, 1.165) is 66.8 Å². The first-order valence-electron chi connectivity index (χ1n) is 12.4. The number of hydrogen-bond donors (Lipinski definition) is 0. The van der Waals surface area contributed by atoms with Crippen molar-refractivity contribution in [1.82, 2.24) is 19.4 Å². The quantitative estimate of drug-likeness (QED) is 0.300. The molecule has 6 heteroatoms. The third kappa shape index (κ3) is 3.82. The third-order valence-corrected chi connectivity index (χ3v) is 8.22. The molecule has 1 atom stereocenters. The smallest absolute Gasteiger partial charge is 0.225 e. The minimum absolute atomic E-state index is 0.300. The zero-order valence-electron chi connectivity index (χ0n) is 19.4. The molecular formula is C29H26N4OS. The molecule has 35 heavy (non-hydrogen) atoms. The van der Waals surface area contributed by atoms with Gasteiger partial charge >= 0.3 is 0 Å². The van der Waals surface area contributed by atoms with E-state index in [1.54, 1.807) is 11.3 Å². The van der Waals surface area contributed by atoms with Crippen LogP contribution in [-0.2, 0) is 11.3 Å². The Morgan fingerprint density at radius 1 is 0.914 bits per heavy atom. The first-order valence-corrected chi connectivity index (χ1v) is 13.3. The minimum atomic E-state index is 0.300. The van der Waals surface area contributed by atoms with Crippen molar-refractivity contribution in [2.45, 2.75) is 25.8 Å². The Labute approximate surface area is 208 Å². The van der Waals surface area contributed by atoms with Gasteiger partial charge in [-0.15, -0.1) is 11.3 Å². The third-order valence-electron chi connectivity index (χ3n) is 7.43. The van der Waals surface area contributed by atoms with Crippen LogP contribution in [0.1, 0.15) is 19.3 Å². The number of imidazole rings is 1. The van der Waals surface area contributed by atoms with Gasteiger partial charge in [-0.3, -0.25) is 4.79 Å². The van der Waals surface area contributed by atoms with E-state index >= 15 is 0 Å². The molecule has 0 unspecified atom stereocenters. The second kappa shape index (κ2) is 8.31. The molecule has 2 aliphatic rings. The number of thiazole rings is 1. The predicted octanol–water partition coefficient (Wildman–Crippen LogP) is 6.24. The second-order valence-electron chi connectivity index (χ2n) is 9.86. The molecule has 3 heterocycles. The molecule has 0 bridgehead atoms. The van der Waals surface area contributed by atoms with Gasteiger partial charge in [0.1, 0.15) is 5.82 Å². The molecule has 2 fully saturated rings. The lowest BCUT2D eigenvalue weighted by molar-refractivity contribution is -0.131. The first-order chi connectivity index (χ1) is 17.2. The molecule has 1 saturated carbocycles. The summed E-state index contributed by atoms with van der Waals surface area (Å²) in [4.78, 5) is 24.1. The summed E-state index contributed by atoms with van der Waals surface area (Å²) in [6, 6.07) is 23.6. The average molecular weight is 479 g/mol. The van der Waals surface area contributed by atoms with Crippen molar-refractivity contribution < 1.29 is 4.79 Å². The Morgan fingerprint density at radius 2 is 1.71 bits per heavy atom. The fourth-order valence-electron chi connectivity index (χ4n) is 5.36. The summed E-state index contributed by atoms with van der Waals surface area (Å²) in [5.74, 6) is 2.13. The van der Waals surface area contributed by atoms with Crippen molar-refractivity contribution in [2.24, 2.45) is 11.8 Å². The molecule has 1 amide bonds. The van der Waals surface area contributed by atoms with Crippen molar-refractivity contribution >= 4 is 38.5 Å². The lowest BCUT2D eigenvalue weighted by Crippen LogP contribution is -2.30. The molecule has 0 radical (unpaired) electrons. The maximum absolute atomic E-state index is 12.6. The van der Waals surface area contributed by atoms with E-state index in [1.165, 1.54) is 15.8 Å². The summed E-state index contributed by atoms with van der Waals surface area (Å²) in [5.41, 5.74) is 8.64. The number of carbonyl (C=O) groups is 1. The van der Waals surface area contributed by atoms with Gasteiger partial charge in [0.2, 0.25) is 5.91 Å². The standard InChI is InChI=1S/C29H26N4OS/c34-29(22-9-10-22)32-14-13-19(16-32)17-33-26-4-2-1-3-24(26)31-28(33)21-7-5-20(6-8-21)23-11-12-25-27(15-23)35-18-30-25/h1-8,11-12,15,18-19,22H,9-10,13-14,16-17H2/t19-/m1/s1. The number of benzene rings is 3. The zero-order chi connectivity index (χ0) is 23.4. The Morgan fingerprint density at radius 3 is 2.57 bits per heavy atom. The maximum Gasteiger partial charge on any atom is 0.225 e. The van der Waals surface area contributed by atoms with Crippen LogP contribution in [0.4, 0.5) is 0 Å². The lowest BCUT2D eigenvalue weighted by Gasteiger charge is -2.18. The van der Waals surface area contributed by atoms with Crippen LogP contribution in [0.3, 0.4) is 0 Å². The summed E-state index contributed by atoms with van der Waals surface area (Å²) in [7, 11) is 0. The second-order valence-corrected chi connectivity index (χ2v) is 10.7. The van der Waals surface area contributed by atoms with E-state index in [2.05, 4.69) is 75.1 Å². The highest BCUT2D eigenvalue weighted by Gasteiger charge is 2.36. The largest absolute Gasteiger partial charge is 0.342 e. The molecule has 0 spiro atoms. The summed E-state index contributed by atoms with van der Waals surface area (Å²) < 4.78 is 3.57. The van der Waals surface area contributed by atoms with E-state index in [1.807, 2.05) is 11.6 Å². The summed E-state index contributed by atoms with van der Waals surface area (Å²) in [6.07, 6.45) is 3.21. The van der Waals surface area contributed by atoms with Gasteiger partial charge in [0.25, 0.3) is 0 Å². The highest BCUT2D eigenvalue weighted by molar-refractivity contribution is 7.16. The highest BCUT2D eigenvalue weighted by atomic mass is 32.1. The number of fused-ring (bicyclic) bond motifs is 2. The summed E-state index contributed by atoms with van der Waals surface area (Å²) in [5, 5.41) is 0. The molecule has 2 aromatic heterocycles. The summed E-state index contributed by atoms with van der Waals surface area (Å²) >= 11 is 1.67. The van der Waals surface area contributed by atoms with E-state index < -0.39 is 0 Å². The molecule has 5 nitrogen and oxygen atoms in total. The number of carbonyl (C=O) groups excluding carboxylic acids is 1.